The second-order valence-corrected chi connectivity index (χ2v) is 9.37. The number of nitrogens with zero attached hydrogens (tertiary/aromatic N) is 5. The molecule has 1 amide bonds. The molecule has 1 saturated carbocycles. The topological polar surface area (TPSA) is 94.8 Å². The van der Waals surface area contributed by atoms with Crippen molar-refractivity contribution in [3.8, 4) is 11.7 Å². The lowest BCUT2D eigenvalue weighted by atomic mass is 9.97. The summed E-state index contributed by atoms with van der Waals surface area (Å²) >= 11 is 3.03. The quantitative estimate of drug-likeness (QED) is 0.318. The highest BCUT2D eigenvalue weighted by atomic mass is 79.9. The molecule has 0 bridgehead atoms. The number of carbonyl (C=O) groups is 1. The second kappa shape index (κ2) is 10.3. The summed E-state index contributed by atoms with van der Waals surface area (Å²) in [5.74, 6) is -6.24. The number of rotatable bonds is 8. The Morgan fingerprint density at radius 3 is 2.26 bits per heavy atom. The molecule has 0 saturated heterocycles. The first-order valence-corrected chi connectivity index (χ1v) is 11.9. The van der Waals surface area contributed by atoms with E-state index in [4.69, 9.17) is 0 Å². The van der Waals surface area contributed by atoms with Gasteiger partial charge in [-0.25, -0.2) is 23.7 Å². The maximum atomic E-state index is 14.7. The summed E-state index contributed by atoms with van der Waals surface area (Å²) in [6.45, 7) is -0.179. The fraction of sp³-hybridized carbons (Fsp3) is 0.409. The van der Waals surface area contributed by atoms with Crippen LogP contribution in [0.25, 0.3) is 5.95 Å². The first-order valence-electron chi connectivity index (χ1n) is 11.1. The fourth-order valence-electron chi connectivity index (χ4n) is 3.52. The minimum absolute atomic E-state index is 0.00923. The molecule has 0 radical (unpaired) electrons. The Morgan fingerprint density at radius 1 is 1.08 bits per heavy atom. The van der Waals surface area contributed by atoms with Gasteiger partial charge in [0.2, 0.25) is 4.73 Å². The van der Waals surface area contributed by atoms with Crippen molar-refractivity contribution < 1.29 is 44.7 Å². The SMILES string of the molecule is CC(NC(=O)c1cc(C(F)(F)F)cc(C(F)(F)C2CC2)c1)c1nc(Br)nn1-c1ncc(OCC(F)(F)F)cn1. The van der Waals surface area contributed by atoms with E-state index in [1.807, 2.05) is 0 Å². The number of ether oxygens (including phenoxy) is 1. The maximum Gasteiger partial charge on any atom is 0.422 e. The van der Waals surface area contributed by atoms with Gasteiger partial charge in [-0.05, 0) is 53.9 Å². The molecule has 1 atom stereocenters. The van der Waals surface area contributed by atoms with Crippen LogP contribution in [0.4, 0.5) is 35.1 Å². The standard InChI is InChI=1S/C22H17BrF8N6O2/c1-10(16-35-18(23)36-37(16)19-32-7-15(8-33-19)39-9-20(24,25)26)34-17(38)11-4-13(21(27,28)12-2-3-12)6-14(5-11)22(29,30)31/h4-8,10,12H,2-3,9H2,1H3,(H,34,38). The third-order valence-corrected chi connectivity index (χ3v) is 5.88. The largest absolute Gasteiger partial charge is 0.481 e. The summed E-state index contributed by atoms with van der Waals surface area (Å²) < 4.78 is 112. The van der Waals surface area contributed by atoms with E-state index in [1.54, 1.807) is 0 Å². The smallest absolute Gasteiger partial charge is 0.422 e. The highest BCUT2D eigenvalue weighted by Crippen LogP contribution is 2.50. The first kappa shape index (κ1) is 28.6. The molecule has 17 heteroatoms. The van der Waals surface area contributed by atoms with Gasteiger partial charge in [0, 0.05) is 17.0 Å². The lowest BCUT2D eigenvalue weighted by Gasteiger charge is -2.20. The van der Waals surface area contributed by atoms with Crippen molar-refractivity contribution >= 4 is 21.8 Å². The number of hydrogen-bond acceptors (Lipinski definition) is 6. The summed E-state index contributed by atoms with van der Waals surface area (Å²) in [5.41, 5.74) is -2.95. The van der Waals surface area contributed by atoms with E-state index in [0.717, 1.165) is 23.1 Å². The third-order valence-electron chi connectivity index (χ3n) is 5.55. The highest BCUT2D eigenvalue weighted by molar-refractivity contribution is 9.10. The third kappa shape index (κ3) is 6.80. The van der Waals surface area contributed by atoms with E-state index < -0.39 is 59.4 Å². The van der Waals surface area contributed by atoms with Gasteiger partial charge in [-0.2, -0.15) is 31.0 Å². The Bertz CT molecular complexity index is 1360. The van der Waals surface area contributed by atoms with Gasteiger partial charge in [-0.15, -0.1) is 5.10 Å². The highest BCUT2D eigenvalue weighted by Gasteiger charge is 2.49. The summed E-state index contributed by atoms with van der Waals surface area (Å²) in [7, 11) is 0. The summed E-state index contributed by atoms with van der Waals surface area (Å²) in [6.07, 6.45) is -7.35. The van der Waals surface area contributed by atoms with Gasteiger partial charge in [0.05, 0.1) is 24.0 Å². The molecule has 0 aliphatic heterocycles. The molecule has 1 aromatic carbocycles. The van der Waals surface area contributed by atoms with Crippen LogP contribution < -0.4 is 10.1 Å². The number of alkyl halides is 8. The van der Waals surface area contributed by atoms with Crippen molar-refractivity contribution in [2.45, 2.75) is 44.1 Å². The Labute approximate surface area is 222 Å². The summed E-state index contributed by atoms with van der Waals surface area (Å²) in [4.78, 5) is 24.7. The van der Waals surface area contributed by atoms with Gasteiger partial charge < -0.3 is 10.1 Å². The van der Waals surface area contributed by atoms with Gasteiger partial charge in [0.1, 0.15) is 0 Å². The lowest BCUT2D eigenvalue weighted by molar-refractivity contribution is -0.153. The van der Waals surface area contributed by atoms with Crippen molar-refractivity contribution in [1.29, 1.82) is 0 Å². The van der Waals surface area contributed by atoms with E-state index in [9.17, 15) is 39.9 Å². The van der Waals surface area contributed by atoms with E-state index in [0.29, 0.717) is 12.1 Å². The zero-order chi connectivity index (χ0) is 28.8. The van der Waals surface area contributed by atoms with Crippen LogP contribution in [0.5, 0.6) is 5.75 Å². The number of nitrogens with one attached hydrogen (secondary N) is 1. The van der Waals surface area contributed by atoms with Gasteiger partial charge >= 0.3 is 12.4 Å². The van der Waals surface area contributed by atoms with Gasteiger partial charge in [0.25, 0.3) is 17.8 Å². The molecule has 8 nitrogen and oxygen atoms in total. The lowest BCUT2D eigenvalue weighted by Crippen LogP contribution is -2.30. The Balaban J connectivity index is 1.57. The van der Waals surface area contributed by atoms with Crippen LogP contribution in [0.3, 0.4) is 0 Å². The van der Waals surface area contributed by atoms with Crippen molar-refractivity contribution in [2.24, 2.45) is 5.92 Å². The average Bonchev–Trinajstić information content (AvgIpc) is 3.64. The number of benzene rings is 1. The fourth-order valence-corrected chi connectivity index (χ4v) is 3.87. The number of carbonyl (C=O) groups excluding carboxylic acids is 1. The minimum atomic E-state index is -4.98. The maximum absolute atomic E-state index is 14.7. The van der Waals surface area contributed by atoms with E-state index >= 15 is 0 Å². The van der Waals surface area contributed by atoms with Crippen LogP contribution in [-0.4, -0.2) is 43.4 Å². The predicted octanol–water partition coefficient (Wildman–Crippen LogP) is 5.77. The summed E-state index contributed by atoms with van der Waals surface area (Å²) in [5, 5.41) is 6.38. The monoisotopic (exact) mass is 628 g/mol. The molecule has 3 aromatic rings. The van der Waals surface area contributed by atoms with E-state index in [1.165, 1.54) is 6.92 Å². The Morgan fingerprint density at radius 2 is 1.69 bits per heavy atom. The minimum Gasteiger partial charge on any atom is -0.481 e. The number of halogens is 9. The van der Waals surface area contributed by atoms with Crippen LogP contribution in [0.1, 0.15) is 53.1 Å². The van der Waals surface area contributed by atoms with Crippen LogP contribution in [0.15, 0.2) is 35.3 Å². The first-order chi connectivity index (χ1) is 18.0. The Hall–Kier alpha value is -3.37. The van der Waals surface area contributed by atoms with Crippen LogP contribution >= 0.6 is 15.9 Å². The second-order valence-electron chi connectivity index (χ2n) is 8.66. The summed E-state index contributed by atoms with van der Waals surface area (Å²) in [6, 6.07) is 0.464. The Kier molecular flexibility index (Phi) is 7.57. The number of aromatic nitrogens is 5. The number of hydrogen-bond donors (Lipinski definition) is 1. The van der Waals surface area contributed by atoms with Crippen molar-refractivity contribution in [3.05, 3.63) is 57.8 Å². The van der Waals surface area contributed by atoms with Crippen molar-refractivity contribution in [3.63, 3.8) is 0 Å². The van der Waals surface area contributed by atoms with E-state index in [-0.39, 0.29) is 35.1 Å². The zero-order valence-corrected chi connectivity index (χ0v) is 21.2. The van der Waals surface area contributed by atoms with Gasteiger partial charge in [-0.1, -0.05) is 0 Å². The zero-order valence-electron chi connectivity index (χ0n) is 19.6. The van der Waals surface area contributed by atoms with Gasteiger partial charge in [0.15, 0.2) is 18.2 Å². The molecule has 1 N–H and O–H groups in total. The molecule has 210 valence electrons. The molecule has 2 heterocycles. The molecule has 39 heavy (non-hydrogen) atoms. The van der Waals surface area contributed by atoms with Crippen LogP contribution in [-0.2, 0) is 12.1 Å². The molecular weight excluding hydrogens is 612 g/mol. The van der Waals surface area contributed by atoms with Crippen LogP contribution in [0.2, 0.25) is 0 Å². The van der Waals surface area contributed by atoms with Crippen molar-refractivity contribution in [1.82, 2.24) is 30.0 Å². The average molecular weight is 629 g/mol. The molecule has 1 fully saturated rings. The molecule has 1 unspecified atom stereocenters. The number of amides is 1. The predicted molar refractivity (Wildman–Crippen MR) is 120 cm³/mol. The molecular formula is C22H17BrF8N6O2. The van der Waals surface area contributed by atoms with Crippen molar-refractivity contribution in [2.75, 3.05) is 6.61 Å². The molecule has 1 aliphatic rings. The molecule has 4 rings (SSSR count). The normalized spacial score (nSPS) is 15.2. The molecule has 2 aromatic heterocycles. The van der Waals surface area contributed by atoms with E-state index in [2.05, 4.69) is 46.0 Å². The van der Waals surface area contributed by atoms with Crippen LogP contribution in [0, 0.1) is 5.92 Å². The molecule has 0 spiro atoms. The van der Waals surface area contributed by atoms with Gasteiger partial charge in [-0.3, -0.25) is 4.79 Å². The molecule has 1 aliphatic carbocycles.